The third-order valence-electron chi connectivity index (χ3n) is 2.25. The SMILES string of the molecule is CCOC1=CCC(CCN)=CC=C1OC. The predicted molar refractivity (Wildman–Crippen MR) is 61.2 cm³/mol. The van der Waals surface area contributed by atoms with Crippen molar-refractivity contribution < 1.29 is 9.47 Å². The molecule has 0 aromatic heterocycles. The predicted octanol–water partition coefficient (Wildman–Crippen LogP) is 2.12. The maximum Gasteiger partial charge on any atom is 0.160 e. The van der Waals surface area contributed by atoms with Crippen LogP contribution in [0, 0.1) is 0 Å². The first-order valence-electron chi connectivity index (χ1n) is 5.29. The zero-order valence-electron chi connectivity index (χ0n) is 9.45. The standard InChI is InChI=1S/C12H19NO2/c1-3-15-12-7-5-10(8-9-13)4-6-11(12)14-2/h4,6-7H,3,5,8-9,13H2,1-2H3. The Morgan fingerprint density at radius 2 is 2.13 bits per heavy atom. The second-order valence-electron chi connectivity index (χ2n) is 3.30. The molecule has 0 spiro atoms. The number of rotatable bonds is 5. The Hall–Kier alpha value is -1.22. The van der Waals surface area contributed by atoms with Crippen LogP contribution >= 0.6 is 0 Å². The van der Waals surface area contributed by atoms with E-state index in [0.717, 1.165) is 24.4 Å². The Balaban J connectivity index is 2.78. The van der Waals surface area contributed by atoms with Gasteiger partial charge in [-0.05, 0) is 38.5 Å². The zero-order valence-corrected chi connectivity index (χ0v) is 9.45. The summed E-state index contributed by atoms with van der Waals surface area (Å²) in [5, 5.41) is 0. The number of methoxy groups -OCH3 is 1. The van der Waals surface area contributed by atoms with Crippen LogP contribution in [-0.2, 0) is 9.47 Å². The van der Waals surface area contributed by atoms with Crippen LogP contribution in [0.15, 0.2) is 35.3 Å². The van der Waals surface area contributed by atoms with Gasteiger partial charge in [0.1, 0.15) is 0 Å². The highest BCUT2D eigenvalue weighted by atomic mass is 16.5. The first-order valence-corrected chi connectivity index (χ1v) is 5.29. The molecule has 1 aliphatic carbocycles. The van der Waals surface area contributed by atoms with E-state index < -0.39 is 0 Å². The number of allylic oxidation sites excluding steroid dienone is 3. The lowest BCUT2D eigenvalue weighted by molar-refractivity contribution is 0.186. The second-order valence-corrected chi connectivity index (χ2v) is 3.30. The summed E-state index contributed by atoms with van der Waals surface area (Å²) in [7, 11) is 1.65. The second kappa shape index (κ2) is 6.30. The average molecular weight is 209 g/mol. The van der Waals surface area contributed by atoms with E-state index in [-0.39, 0.29) is 0 Å². The summed E-state index contributed by atoms with van der Waals surface area (Å²) in [6.45, 7) is 3.30. The van der Waals surface area contributed by atoms with Crippen molar-refractivity contribution in [3.8, 4) is 0 Å². The zero-order chi connectivity index (χ0) is 11.1. The monoisotopic (exact) mass is 209 g/mol. The smallest absolute Gasteiger partial charge is 0.160 e. The molecule has 0 bridgehead atoms. The minimum atomic E-state index is 0.652. The summed E-state index contributed by atoms with van der Waals surface area (Å²) >= 11 is 0. The largest absolute Gasteiger partial charge is 0.493 e. The van der Waals surface area contributed by atoms with Gasteiger partial charge in [-0.15, -0.1) is 0 Å². The van der Waals surface area contributed by atoms with Gasteiger partial charge in [-0.2, -0.15) is 0 Å². The quantitative estimate of drug-likeness (QED) is 0.754. The van der Waals surface area contributed by atoms with Crippen molar-refractivity contribution in [2.75, 3.05) is 20.3 Å². The van der Waals surface area contributed by atoms with E-state index in [0.29, 0.717) is 13.2 Å². The molecule has 0 heterocycles. The van der Waals surface area contributed by atoms with Crippen molar-refractivity contribution in [3.05, 3.63) is 35.3 Å². The molecule has 0 atom stereocenters. The average Bonchev–Trinajstić information content (AvgIpc) is 2.43. The van der Waals surface area contributed by atoms with Crippen molar-refractivity contribution >= 4 is 0 Å². The van der Waals surface area contributed by atoms with Crippen molar-refractivity contribution in [2.45, 2.75) is 19.8 Å². The Kier molecular flexibility index (Phi) is 4.98. The summed E-state index contributed by atoms with van der Waals surface area (Å²) < 4.78 is 10.8. The fraction of sp³-hybridized carbons (Fsp3) is 0.500. The molecule has 0 radical (unpaired) electrons. The maximum atomic E-state index is 5.53. The van der Waals surface area contributed by atoms with Gasteiger partial charge >= 0.3 is 0 Å². The van der Waals surface area contributed by atoms with E-state index in [1.807, 2.05) is 19.1 Å². The first kappa shape index (κ1) is 11.9. The van der Waals surface area contributed by atoms with E-state index >= 15 is 0 Å². The Labute approximate surface area is 91.2 Å². The van der Waals surface area contributed by atoms with Crippen LogP contribution in [0.3, 0.4) is 0 Å². The number of ether oxygens (including phenoxy) is 2. The summed E-state index contributed by atoms with van der Waals surface area (Å²) in [6, 6.07) is 0. The van der Waals surface area contributed by atoms with Gasteiger partial charge in [-0.3, -0.25) is 0 Å². The van der Waals surface area contributed by atoms with Gasteiger partial charge in [0, 0.05) is 0 Å². The fourth-order valence-corrected chi connectivity index (χ4v) is 1.49. The molecule has 0 aliphatic heterocycles. The van der Waals surface area contributed by atoms with Gasteiger partial charge in [-0.25, -0.2) is 0 Å². The van der Waals surface area contributed by atoms with E-state index in [1.165, 1.54) is 5.57 Å². The highest BCUT2D eigenvalue weighted by Gasteiger charge is 2.09. The molecule has 0 aromatic rings. The third-order valence-corrected chi connectivity index (χ3v) is 2.25. The summed E-state index contributed by atoms with van der Waals surface area (Å²) in [6.07, 6.45) is 7.86. The molecule has 0 amide bonds. The lowest BCUT2D eigenvalue weighted by Gasteiger charge is -2.09. The molecule has 0 fully saturated rings. The molecular weight excluding hydrogens is 190 g/mol. The van der Waals surface area contributed by atoms with Gasteiger partial charge < -0.3 is 15.2 Å². The van der Waals surface area contributed by atoms with E-state index in [9.17, 15) is 0 Å². The van der Waals surface area contributed by atoms with E-state index in [2.05, 4.69) is 6.08 Å². The molecular formula is C12H19NO2. The Bertz CT molecular complexity index is 290. The van der Waals surface area contributed by atoms with Crippen LogP contribution < -0.4 is 5.73 Å². The van der Waals surface area contributed by atoms with Gasteiger partial charge in [0.25, 0.3) is 0 Å². The van der Waals surface area contributed by atoms with Crippen LogP contribution in [0.1, 0.15) is 19.8 Å². The number of hydrogen-bond donors (Lipinski definition) is 1. The Morgan fingerprint density at radius 1 is 1.33 bits per heavy atom. The molecule has 1 rings (SSSR count). The molecule has 1 aliphatic rings. The highest BCUT2D eigenvalue weighted by Crippen LogP contribution is 2.21. The van der Waals surface area contributed by atoms with Crippen molar-refractivity contribution in [3.63, 3.8) is 0 Å². The highest BCUT2D eigenvalue weighted by molar-refractivity contribution is 5.31. The van der Waals surface area contributed by atoms with Gasteiger partial charge in [-0.1, -0.05) is 11.6 Å². The van der Waals surface area contributed by atoms with Gasteiger partial charge in [0.2, 0.25) is 0 Å². The van der Waals surface area contributed by atoms with Gasteiger partial charge in [0.15, 0.2) is 11.5 Å². The molecule has 3 nitrogen and oxygen atoms in total. The summed E-state index contributed by atoms with van der Waals surface area (Å²) in [5.74, 6) is 1.60. The van der Waals surface area contributed by atoms with Crippen LogP contribution in [0.4, 0.5) is 0 Å². The molecule has 0 saturated heterocycles. The normalized spacial score (nSPS) is 16.1. The molecule has 84 valence electrons. The minimum Gasteiger partial charge on any atom is -0.493 e. The molecule has 0 aromatic carbocycles. The lowest BCUT2D eigenvalue weighted by atomic mass is 10.1. The fourth-order valence-electron chi connectivity index (χ4n) is 1.49. The molecule has 0 saturated carbocycles. The van der Waals surface area contributed by atoms with Crippen LogP contribution in [0.2, 0.25) is 0 Å². The van der Waals surface area contributed by atoms with E-state index in [4.69, 9.17) is 15.2 Å². The maximum absolute atomic E-state index is 5.53. The van der Waals surface area contributed by atoms with Crippen LogP contribution in [0.25, 0.3) is 0 Å². The Morgan fingerprint density at radius 3 is 2.73 bits per heavy atom. The van der Waals surface area contributed by atoms with Gasteiger partial charge in [0.05, 0.1) is 13.7 Å². The van der Waals surface area contributed by atoms with E-state index in [1.54, 1.807) is 7.11 Å². The number of nitrogens with two attached hydrogens (primary N) is 1. The molecule has 2 N–H and O–H groups in total. The minimum absolute atomic E-state index is 0.652. The van der Waals surface area contributed by atoms with Crippen molar-refractivity contribution in [2.24, 2.45) is 5.73 Å². The third kappa shape index (κ3) is 3.44. The van der Waals surface area contributed by atoms with Crippen molar-refractivity contribution in [1.82, 2.24) is 0 Å². The summed E-state index contributed by atoms with van der Waals surface area (Å²) in [5.41, 5.74) is 6.83. The van der Waals surface area contributed by atoms with Crippen LogP contribution in [-0.4, -0.2) is 20.3 Å². The lowest BCUT2D eigenvalue weighted by Crippen LogP contribution is -2.00. The first-order chi connectivity index (χ1) is 7.31. The summed E-state index contributed by atoms with van der Waals surface area (Å²) in [4.78, 5) is 0. The molecule has 0 unspecified atom stereocenters. The molecule has 3 heteroatoms. The molecule has 15 heavy (non-hydrogen) atoms. The topological polar surface area (TPSA) is 44.5 Å². The van der Waals surface area contributed by atoms with Crippen molar-refractivity contribution in [1.29, 1.82) is 0 Å². The number of hydrogen-bond acceptors (Lipinski definition) is 3. The van der Waals surface area contributed by atoms with Crippen LogP contribution in [0.5, 0.6) is 0 Å².